The van der Waals surface area contributed by atoms with Gasteiger partial charge in [-0.25, -0.2) is 67.3 Å². The van der Waals surface area contributed by atoms with Crippen LogP contribution in [0.4, 0.5) is 115 Å². The van der Waals surface area contributed by atoms with Crippen LogP contribution in [-0.2, 0) is 128 Å². The van der Waals surface area contributed by atoms with Crippen molar-refractivity contribution in [2.75, 3.05) is 132 Å². The fraction of sp³-hybridized carbons (Fsp3) is 0.960. The molecule has 126 heavy (non-hydrogen) atoms. The number of carbonyl (C=O) groups excluding carboxylic acids is 2. The van der Waals surface area contributed by atoms with Crippen molar-refractivity contribution >= 4 is 93.3 Å². The largest absolute Gasteiger partial charge is 3.00 e. The van der Waals surface area contributed by atoms with E-state index in [9.17, 15) is 105 Å². The third-order valence-electron chi connectivity index (χ3n) is 10.5. The molecule has 0 atom stereocenters. The van der Waals surface area contributed by atoms with Gasteiger partial charge < -0.3 is 114 Å². The van der Waals surface area contributed by atoms with Crippen molar-refractivity contribution in [3.63, 3.8) is 0 Å². The molecular formula is C50H80F24O40S8Sm4. The number of carboxylic acid groups (broad SMARTS) is 4. The van der Waals surface area contributed by atoms with E-state index < -0.39 is 137 Å². The summed E-state index contributed by atoms with van der Waals surface area (Å²) >= 11 is 0. The second kappa shape index (κ2) is 84.2. The van der Waals surface area contributed by atoms with E-state index in [1.165, 1.54) is 128 Å². The number of hydrogen-bond donors (Lipinski definition) is 0. The Kier molecular flexibility index (Phi) is 106. The molecule has 40 nitrogen and oxygen atoms in total. The van der Waals surface area contributed by atoms with Gasteiger partial charge in [-0.15, -0.1) is 0 Å². The van der Waals surface area contributed by atoms with Crippen molar-refractivity contribution in [1.29, 1.82) is 0 Å². The van der Waals surface area contributed by atoms with Crippen molar-refractivity contribution in [1.82, 2.24) is 0 Å². The van der Waals surface area contributed by atoms with Crippen LogP contribution in [0.15, 0.2) is 0 Å². The normalized spacial score (nSPS) is 17.0. The van der Waals surface area contributed by atoms with Crippen molar-refractivity contribution in [2.45, 2.75) is 172 Å². The van der Waals surface area contributed by atoms with Crippen LogP contribution >= 0.6 is 0 Å². The Hall–Kier alpha value is 1.09. The average Bonchev–Trinajstić information content (AvgIpc) is 1.65. The first-order valence-corrected chi connectivity index (χ1v) is 43.4. The zero-order chi connectivity index (χ0) is 98.5. The first-order chi connectivity index (χ1) is 54.5. The Morgan fingerprint density at radius 2 is 0.190 bits per heavy atom. The smallest absolute Gasteiger partial charge is 0.741 e. The third-order valence-corrected chi connectivity index (χ3v) is 15.1. The SMILES string of the molecule is C1CCOC1.C1CCOC1.C1CCOC1.C1CCOC1.C1CCOC1.C1CCOC1.C1CCOC1.C1CCOC1.C1CCOC1.C1CCOC1.O=C([O-])[O-].O=C([O-])[O-].O=S(=O)([O-])C(F)(F)F.O=S(=O)([O-])C(F)(F)F.O=S(=O)([O-])C(F)(F)F.O=S(=O)([O-])C(F)(F)F.O=S(=O)([O-])C(F)(F)F.O=S(=O)([O-])C(F)(F)F.O=S(=O)([O-])C(F)(F)F.O=S(=O)([O-])C(F)(F)F.[Sm+3].[Sm+3].[Sm+3].[Sm+3]. The first kappa shape index (κ1) is 158. The average molecular weight is 2640 g/mol. The van der Waals surface area contributed by atoms with Crippen LogP contribution in [0.1, 0.15) is 128 Å². The van der Waals surface area contributed by atoms with Gasteiger partial charge in [0, 0.05) is 132 Å². The molecule has 0 aliphatic carbocycles. The van der Waals surface area contributed by atoms with Gasteiger partial charge >= 0.3 is 206 Å². The molecule has 0 spiro atoms. The molecule has 0 amide bonds. The molecule has 0 aromatic heterocycles. The quantitative estimate of drug-likeness (QED) is 0.190. The number of ether oxygens (including phenoxy) is 10. The number of alkyl halides is 24. The summed E-state index contributed by atoms with van der Waals surface area (Å²) < 4.78 is 521. The molecule has 0 aromatic carbocycles. The van der Waals surface area contributed by atoms with E-state index in [-0.39, 0.29) is 162 Å². The molecule has 10 fully saturated rings. The monoisotopic (exact) mass is 2640 g/mol. The van der Waals surface area contributed by atoms with E-state index in [0.29, 0.717) is 0 Å². The maximum atomic E-state index is 10.7. The number of hydrogen-bond acceptors (Lipinski definition) is 40. The molecule has 10 heterocycles. The van der Waals surface area contributed by atoms with Crippen molar-refractivity contribution in [3.05, 3.63) is 0 Å². The molecular weight excluding hydrogens is 2550 g/mol. The molecule has 10 aliphatic heterocycles. The van der Waals surface area contributed by atoms with Crippen molar-refractivity contribution in [2.24, 2.45) is 0 Å². The predicted molar refractivity (Wildman–Crippen MR) is 337 cm³/mol. The predicted octanol–water partition coefficient (Wildman–Crippen LogP) is 3.49. The van der Waals surface area contributed by atoms with Gasteiger partial charge in [0.15, 0.2) is 80.9 Å². The zero-order valence-corrected chi connectivity index (χ0v) is 80.6. The number of rotatable bonds is 0. The van der Waals surface area contributed by atoms with E-state index in [4.69, 9.17) is 181 Å². The molecule has 76 heteroatoms. The van der Waals surface area contributed by atoms with E-state index in [0.717, 1.165) is 132 Å². The first-order valence-electron chi connectivity index (χ1n) is 32.2. The topological polar surface area (TPSA) is 676 Å². The van der Waals surface area contributed by atoms with Crippen LogP contribution in [0, 0.1) is 162 Å². The Morgan fingerprint density at radius 3 is 0.198 bits per heavy atom. The van der Waals surface area contributed by atoms with Gasteiger partial charge in [0.2, 0.25) is 0 Å². The van der Waals surface area contributed by atoms with Crippen LogP contribution < -0.4 is 20.4 Å². The number of halogens is 24. The second-order valence-electron chi connectivity index (χ2n) is 20.9. The van der Waals surface area contributed by atoms with Gasteiger partial charge in [-0.1, -0.05) is 0 Å². The van der Waals surface area contributed by atoms with E-state index in [1.54, 1.807) is 0 Å². The molecule has 10 rings (SSSR count). The molecule has 0 N–H and O–H groups in total. The van der Waals surface area contributed by atoms with Gasteiger partial charge in [0.05, 0.1) is 0 Å². The number of carbonyl (C=O) groups is 2. The molecule has 10 saturated heterocycles. The summed E-state index contributed by atoms with van der Waals surface area (Å²) in [7, 11) is -48.7. The summed E-state index contributed by atoms with van der Waals surface area (Å²) in [4.78, 5) is 16.7. The minimum absolute atomic E-state index is 0. The Bertz CT molecular complexity index is 2750. The Balaban J connectivity index is -0.0000000875. The van der Waals surface area contributed by atoms with Gasteiger partial charge in [-0.05, 0) is 141 Å². The van der Waals surface area contributed by atoms with Crippen LogP contribution in [0.2, 0.25) is 0 Å². The standard InChI is InChI=1S/10C4H8O.8CHF3O3S.2CH2O3.4Sm/c10*1-2-4-5-3-1;8*2-1(3,4)8(5,6)7;2*2-1(3)4;;;;/h10*1-4H2;8*(H,5,6,7);2*(H2,2,3,4);;;;/q;;;;;;;;;;;;;;;;;;;;4*+3/p-12. The third kappa shape index (κ3) is 127. The van der Waals surface area contributed by atoms with Crippen LogP contribution in [0.3, 0.4) is 0 Å². The molecule has 0 unspecified atom stereocenters. The summed E-state index contributed by atoms with van der Waals surface area (Å²) in [6.45, 7) is 20.0. The fourth-order valence-corrected chi connectivity index (χ4v) is 5.10. The van der Waals surface area contributed by atoms with Crippen LogP contribution in [0.5, 0.6) is 0 Å². The summed E-state index contributed by atoms with van der Waals surface area (Å²) in [5, 5.41) is 33.3. The minimum Gasteiger partial charge on any atom is -0.741 e. The van der Waals surface area contributed by atoms with Crippen LogP contribution in [-0.4, -0.2) is 292 Å². The van der Waals surface area contributed by atoms with Gasteiger partial charge in [-0.2, -0.15) is 105 Å². The van der Waals surface area contributed by atoms with E-state index >= 15 is 0 Å². The van der Waals surface area contributed by atoms with Crippen molar-refractivity contribution < 1.29 is 448 Å². The van der Waals surface area contributed by atoms with Gasteiger partial charge in [0.25, 0.3) is 0 Å². The Labute approximate surface area is 836 Å². The summed E-state index contributed by atoms with van der Waals surface area (Å²) in [6.07, 6.45) is 20.9. The molecule has 4 radical (unpaired) electrons. The second-order valence-corrected chi connectivity index (χ2v) is 31.9. The minimum atomic E-state index is -6.09. The van der Waals surface area contributed by atoms with Gasteiger partial charge in [0.1, 0.15) is 0 Å². The molecule has 760 valence electrons. The zero-order valence-electron chi connectivity index (χ0n) is 63.6. The fourth-order valence-electron chi connectivity index (χ4n) is 5.10. The molecule has 0 bridgehead atoms. The summed E-state index contributed by atoms with van der Waals surface area (Å²) in [5.41, 5.74) is -45.2. The van der Waals surface area contributed by atoms with E-state index in [1.807, 2.05) is 0 Å². The van der Waals surface area contributed by atoms with Crippen molar-refractivity contribution in [3.8, 4) is 0 Å². The Morgan fingerprint density at radius 1 is 0.159 bits per heavy atom. The summed E-state index contributed by atoms with van der Waals surface area (Å²) in [5.74, 6) is 0. The molecule has 0 saturated carbocycles. The maximum Gasteiger partial charge on any atom is 3.00 e. The van der Waals surface area contributed by atoms with E-state index in [2.05, 4.69) is 0 Å². The van der Waals surface area contributed by atoms with Crippen LogP contribution in [0.25, 0.3) is 0 Å². The van der Waals surface area contributed by atoms with Gasteiger partial charge in [-0.3, -0.25) is 0 Å². The molecule has 10 aliphatic rings. The maximum absolute atomic E-state index is 10.7. The molecule has 0 aromatic rings. The summed E-state index contributed by atoms with van der Waals surface area (Å²) in [6, 6.07) is 0.